The van der Waals surface area contributed by atoms with Gasteiger partial charge in [-0.1, -0.05) is 18.2 Å². The Kier molecular flexibility index (Phi) is 5.81. The van der Waals surface area contributed by atoms with Crippen LogP contribution in [-0.4, -0.2) is 49.6 Å². The number of morpholine rings is 1. The Morgan fingerprint density at radius 2 is 1.74 bits per heavy atom. The molecule has 0 amide bonds. The van der Waals surface area contributed by atoms with E-state index in [1.54, 1.807) is 24.4 Å². The van der Waals surface area contributed by atoms with E-state index >= 15 is 0 Å². The van der Waals surface area contributed by atoms with Crippen LogP contribution in [0.3, 0.4) is 0 Å². The zero-order chi connectivity index (χ0) is 26.7. The lowest BCUT2D eigenvalue weighted by atomic mass is 10.0. The van der Waals surface area contributed by atoms with Gasteiger partial charge in [-0.15, -0.1) is 11.3 Å². The summed E-state index contributed by atoms with van der Waals surface area (Å²) in [6, 6.07) is 14.6. The van der Waals surface area contributed by atoms with Gasteiger partial charge in [0.1, 0.15) is 17.2 Å². The van der Waals surface area contributed by atoms with Crippen LogP contribution < -0.4 is 14.6 Å². The van der Waals surface area contributed by atoms with Crippen molar-refractivity contribution >= 4 is 53.1 Å². The zero-order valence-corrected chi connectivity index (χ0v) is 21.1. The minimum absolute atomic E-state index is 0.227. The minimum Gasteiger partial charge on any atom is -0.378 e. The number of benzene rings is 2. The molecule has 1 aliphatic rings. The summed E-state index contributed by atoms with van der Waals surface area (Å²) >= 11 is 1.39. The molecule has 0 unspecified atom stereocenters. The number of pyridine rings is 1. The summed E-state index contributed by atoms with van der Waals surface area (Å²) in [6.07, 6.45) is 1.65. The predicted octanol–water partition coefficient (Wildman–Crippen LogP) is 4.79. The first-order valence-electron chi connectivity index (χ1n) is 11.4. The number of hydrogen-bond acceptors (Lipinski definition) is 8. The summed E-state index contributed by atoms with van der Waals surface area (Å²) in [6.45, 7) is 2.32. The quantitative estimate of drug-likeness (QED) is 0.230. The molecule has 0 aliphatic carbocycles. The Balaban J connectivity index is 1.51. The van der Waals surface area contributed by atoms with Crippen LogP contribution in [0.5, 0.6) is 5.75 Å². The molecular weight excluding hydrogens is 543 g/mol. The molecule has 13 heteroatoms. The molecule has 0 bridgehead atoms. The van der Waals surface area contributed by atoms with E-state index in [0.717, 1.165) is 15.0 Å². The maximum Gasteiger partial charge on any atom is 0.534 e. The van der Waals surface area contributed by atoms with Crippen molar-refractivity contribution < 1.29 is 30.5 Å². The molecule has 0 N–H and O–H groups in total. The third-order valence-corrected chi connectivity index (χ3v) is 8.46. The SMILES string of the molecule is O=c1cc(N2CCOCC2)nc2c(-c3cccc4c3sc3ccc(OS(=O)(=O)C(F)(F)F)cc34)cccn12. The van der Waals surface area contributed by atoms with Crippen LogP contribution in [0, 0.1) is 0 Å². The van der Waals surface area contributed by atoms with E-state index in [1.807, 2.05) is 17.0 Å². The predicted molar refractivity (Wildman–Crippen MR) is 138 cm³/mol. The van der Waals surface area contributed by atoms with Crippen molar-refractivity contribution in [2.45, 2.75) is 5.51 Å². The number of thiophene rings is 1. The molecular formula is C25H18F3N3O5S2. The number of anilines is 1. The van der Waals surface area contributed by atoms with Crippen LogP contribution in [0.15, 0.2) is 65.6 Å². The second-order valence-corrected chi connectivity index (χ2v) is 11.2. The van der Waals surface area contributed by atoms with Crippen molar-refractivity contribution in [2.75, 3.05) is 31.2 Å². The molecule has 6 rings (SSSR count). The van der Waals surface area contributed by atoms with Crippen molar-refractivity contribution in [3.8, 4) is 16.9 Å². The Morgan fingerprint density at radius 3 is 2.50 bits per heavy atom. The number of alkyl halides is 3. The smallest absolute Gasteiger partial charge is 0.378 e. The molecule has 8 nitrogen and oxygen atoms in total. The molecule has 196 valence electrons. The minimum atomic E-state index is -5.80. The van der Waals surface area contributed by atoms with Gasteiger partial charge in [0, 0.05) is 56.7 Å². The maximum atomic E-state index is 13.0. The number of halogens is 3. The van der Waals surface area contributed by atoms with E-state index in [9.17, 15) is 26.4 Å². The first-order chi connectivity index (χ1) is 18.1. The standard InChI is InChI=1S/C25H18F3N3O5S2/c26-25(27,28)38(33,34)36-15-6-7-20-19(13-15)17-4-1-3-16(23(17)37-20)18-5-2-8-31-22(32)14-21(29-24(18)31)30-9-11-35-12-10-30/h1-8,13-14H,9-12H2. The second-order valence-electron chi connectivity index (χ2n) is 8.59. The summed E-state index contributed by atoms with van der Waals surface area (Å²) in [5.74, 6) is 0.121. The van der Waals surface area contributed by atoms with Gasteiger partial charge in [-0.25, -0.2) is 4.98 Å². The van der Waals surface area contributed by atoms with E-state index in [1.165, 1.54) is 40.0 Å². The third kappa shape index (κ3) is 4.16. The van der Waals surface area contributed by atoms with Crippen molar-refractivity contribution in [2.24, 2.45) is 0 Å². The zero-order valence-electron chi connectivity index (χ0n) is 19.4. The van der Waals surface area contributed by atoms with Gasteiger partial charge < -0.3 is 13.8 Å². The molecule has 0 radical (unpaired) electrons. The second kappa shape index (κ2) is 8.96. The number of ether oxygens (including phenoxy) is 1. The molecule has 1 fully saturated rings. The highest BCUT2D eigenvalue weighted by Gasteiger charge is 2.48. The van der Waals surface area contributed by atoms with Crippen LogP contribution in [0.2, 0.25) is 0 Å². The molecule has 5 aromatic rings. The van der Waals surface area contributed by atoms with Crippen LogP contribution in [0.4, 0.5) is 19.0 Å². The van der Waals surface area contributed by atoms with Gasteiger partial charge in [-0.3, -0.25) is 9.20 Å². The highest BCUT2D eigenvalue weighted by molar-refractivity contribution is 7.88. The Morgan fingerprint density at radius 1 is 0.974 bits per heavy atom. The molecule has 3 aromatic heterocycles. The Bertz CT molecular complexity index is 1880. The normalized spacial score (nSPS) is 15.0. The number of rotatable bonds is 4. The fourth-order valence-corrected chi connectivity index (χ4v) is 6.16. The van der Waals surface area contributed by atoms with E-state index in [4.69, 9.17) is 9.72 Å². The van der Waals surface area contributed by atoms with Gasteiger partial charge in [-0.2, -0.15) is 21.6 Å². The monoisotopic (exact) mass is 561 g/mol. The number of hydrogen-bond donors (Lipinski definition) is 0. The third-order valence-electron chi connectivity index (χ3n) is 6.26. The lowest BCUT2D eigenvalue weighted by molar-refractivity contribution is -0.0500. The van der Waals surface area contributed by atoms with Crippen LogP contribution in [0.1, 0.15) is 0 Å². The van der Waals surface area contributed by atoms with Gasteiger partial charge >= 0.3 is 15.6 Å². The van der Waals surface area contributed by atoms with Crippen molar-refractivity contribution in [1.82, 2.24) is 9.38 Å². The molecule has 38 heavy (non-hydrogen) atoms. The van der Waals surface area contributed by atoms with Gasteiger partial charge in [0.2, 0.25) is 0 Å². The summed E-state index contributed by atoms with van der Waals surface area (Å²) in [5, 5.41) is 1.24. The summed E-state index contributed by atoms with van der Waals surface area (Å²) in [7, 11) is -5.80. The molecule has 2 aromatic carbocycles. The van der Waals surface area contributed by atoms with Crippen molar-refractivity contribution in [3.05, 3.63) is 71.1 Å². The summed E-state index contributed by atoms with van der Waals surface area (Å²) < 4.78 is 74.2. The van der Waals surface area contributed by atoms with Crippen molar-refractivity contribution in [1.29, 1.82) is 0 Å². The van der Waals surface area contributed by atoms with Gasteiger partial charge in [0.25, 0.3) is 5.56 Å². The highest BCUT2D eigenvalue weighted by Crippen LogP contribution is 2.42. The first kappa shape index (κ1) is 24.6. The number of fused-ring (bicyclic) bond motifs is 4. The molecule has 0 saturated carbocycles. The van der Waals surface area contributed by atoms with Crippen LogP contribution in [-0.2, 0) is 14.9 Å². The van der Waals surface area contributed by atoms with Crippen LogP contribution >= 0.6 is 11.3 Å². The molecule has 0 spiro atoms. The summed E-state index contributed by atoms with van der Waals surface area (Å²) in [4.78, 5) is 19.8. The number of aromatic nitrogens is 2. The fourth-order valence-electron chi connectivity index (χ4n) is 4.49. The van der Waals surface area contributed by atoms with E-state index in [0.29, 0.717) is 54.1 Å². The molecule has 0 atom stereocenters. The lowest BCUT2D eigenvalue weighted by Crippen LogP contribution is -2.37. The average molecular weight is 562 g/mol. The first-order valence-corrected chi connectivity index (χ1v) is 13.7. The molecule has 1 aliphatic heterocycles. The van der Waals surface area contributed by atoms with Gasteiger partial charge in [0.15, 0.2) is 0 Å². The Labute approximate surface area is 217 Å². The van der Waals surface area contributed by atoms with E-state index in [-0.39, 0.29) is 5.56 Å². The topological polar surface area (TPSA) is 90.2 Å². The largest absolute Gasteiger partial charge is 0.534 e. The molecule has 1 saturated heterocycles. The van der Waals surface area contributed by atoms with Crippen LogP contribution in [0.25, 0.3) is 36.9 Å². The fraction of sp³-hybridized carbons (Fsp3) is 0.200. The number of nitrogens with zero attached hydrogens (tertiary/aromatic N) is 3. The van der Waals surface area contributed by atoms with E-state index in [2.05, 4.69) is 4.18 Å². The average Bonchev–Trinajstić information content (AvgIpc) is 3.26. The van der Waals surface area contributed by atoms with E-state index < -0.39 is 21.4 Å². The lowest BCUT2D eigenvalue weighted by Gasteiger charge is -2.27. The molecule has 4 heterocycles. The highest BCUT2D eigenvalue weighted by atomic mass is 32.2. The maximum absolute atomic E-state index is 13.0. The van der Waals surface area contributed by atoms with Crippen molar-refractivity contribution in [3.63, 3.8) is 0 Å². The van der Waals surface area contributed by atoms with Gasteiger partial charge in [-0.05, 0) is 30.3 Å². The Hall–Kier alpha value is -3.68. The van der Waals surface area contributed by atoms with Gasteiger partial charge in [0.05, 0.1) is 13.2 Å². The summed E-state index contributed by atoms with van der Waals surface area (Å²) in [5.41, 5.74) is -3.82.